The van der Waals surface area contributed by atoms with E-state index in [9.17, 15) is 21.6 Å². The van der Waals surface area contributed by atoms with Gasteiger partial charge in [-0.3, -0.25) is 0 Å². The molecule has 0 aliphatic rings. The second-order valence-corrected chi connectivity index (χ2v) is 3.86. The van der Waals surface area contributed by atoms with Crippen LogP contribution < -0.4 is 4.72 Å². The van der Waals surface area contributed by atoms with Gasteiger partial charge in [0.25, 0.3) is 0 Å². The number of alkyl halides is 3. The minimum Gasteiger partial charge on any atom is -0.395 e. The van der Waals surface area contributed by atoms with Gasteiger partial charge in [0.15, 0.2) is 0 Å². The Kier molecular flexibility index (Phi) is 3.48. The molecular weight excluding hydrogens is 199 g/mol. The highest BCUT2D eigenvalue weighted by Crippen LogP contribution is 2.21. The molecule has 0 fully saturated rings. The molecule has 0 amide bonds. The van der Waals surface area contributed by atoms with Gasteiger partial charge in [0.2, 0.25) is 0 Å². The number of aliphatic hydroxyl groups excluding tert-OH is 1. The summed E-state index contributed by atoms with van der Waals surface area (Å²) in [5.41, 5.74) is -5.32. The van der Waals surface area contributed by atoms with Crippen LogP contribution in [0.25, 0.3) is 0 Å². The number of hydrogen-bond donors (Lipinski definition) is 2. The quantitative estimate of drug-likeness (QED) is 0.673. The summed E-state index contributed by atoms with van der Waals surface area (Å²) in [4.78, 5) is 0. The largest absolute Gasteiger partial charge is 0.511 e. The predicted octanol–water partition coefficient (Wildman–Crippen LogP) is -0.194. The zero-order valence-electron chi connectivity index (χ0n) is 6.09. The first-order chi connectivity index (χ1) is 5.20. The number of rotatable bonds is 3. The van der Waals surface area contributed by atoms with Crippen LogP contribution in [0.5, 0.6) is 0 Å². The van der Waals surface area contributed by atoms with Gasteiger partial charge in [0, 0.05) is 6.04 Å². The third-order valence-electron chi connectivity index (χ3n) is 0.935. The van der Waals surface area contributed by atoms with Gasteiger partial charge in [-0.1, -0.05) is 0 Å². The van der Waals surface area contributed by atoms with Crippen molar-refractivity contribution in [2.24, 2.45) is 0 Å². The second kappa shape index (κ2) is 3.58. The summed E-state index contributed by atoms with van der Waals surface area (Å²) in [5, 5.41) is 8.27. The highest BCUT2D eigenvalue weighted by Gasteiger charge is 2.46. The molecule has 0 radical (unpaired) electrons. The lowest BCUT2D eigenvalue weighted by Crippen LogP contribution is -2.42. The first-order valence-corrected chi connectivity index (χ1v) is 4.38. The van der Waals surface area contributed by atoms with Gasteiger partial charge in [0.05, 0.1) is 6.61 Å². The number of aliphatic hydroxyl groups is 1. The van der Waals surface area contributed by atoms with E-state index in [1.165, 1.54) is 4.72 Å². The Morgan fingerprint density at radius 2 is 1.92 bits per heavy atom. The summed E-state index contributed by atoms with van der Waals surface area (Å²) in [6.45, 7) is 0.429. The molecule has 0 rings (SSSR count). The zero-order valence-corrected chi connectivity index (χ0v) is 6.91. The summed E-state index contributed by atoms with van der Waals surface area (Å²) >= 11 is 0. The van der Waals surface area contributed by atoms with Crippen molar-refractivity contribution in [3.63, 3.8) is 0 Å². The van der Waals surface area contributed by atoms with Gasteiger partial charge in [-0.15, -0.1) is 0 Å². The van der Waals surface area contributed by atoms with Crippen molar-refractivity contribution < 1.29 is 26.7 Å². The highest BCUT2D eigenvalue weighted by atomic mass is 32.2. The van der Waals surface area contributed by atoms with E-state index >= 15 is 0 Å². The van der Waals surface area contributed by atoms with Crippen LogP contribution in [0.3, 0.4) is 0 Å². The molecule has 0 saturated carbocycles. The smallest absolute Gasteiger partial charge is 0.395 e. The maximum Gasteiger partial charge on any atom is 0.511 e. The third kappa shape index (κ3) is 2.95. The van der Waals surface area contributed by atoms with Gasteiger partial charge >= 0.3 is 15.5 Å². The maximum absolute atomic E-state index is 11.6. The lowest BCUT2D eigenvalue weighted by Gasteiger charge is -2.12. The molecule has 0 aromatic carbocycles. The molecule has 0 aliphatic carbocycles. The van der Waals surface area contributed by atoms with Crippen LogP contribution in [0, 0.1) is 0 Å². The number of halogens is 3. The van der Waals surface area contributed by atoms with Crippen molar-refractivity contribution >= 4 is 10.0 Å². The van der Waals surface area contributed by atoms with E-state index in [2.05, 4.69) is 0 Å². The summed E-state index contributed by atoms with van der Waals surface area (Å²) in [6, 6.07) is -1.14. The van der Waals surface area contributed by atoms with Gasteiger partial charge in [-0.25, -0.2) is 13.1 Å². The van der Waals surface area contributed by atoms with E-state index in [4.69, 9.17) is 5.11 Å². The standard InChI is InChI=1S/C4H8F3NO3S/c1-3(2-9)8-12(10,11)4(5,6)7/h3,8-9H,2H2,1H3/t3-/m1/s1. The molecule has 12 heavy (non-hydrogen) atoms. The van der Waals surface area contributed by atoms with Crippen molar-refractivity contribution in [1.82, 2.24) is 4.72 Å². The molecule has 4 nitrogen and oxygen atoms in total. The molecule has 0 bridgehead atoms. The molecule has 2 N–H and O–H groups in total. The van der Waals surface area contributed by atoms with Crippen LogP contribution in [0.1, 0.15) is 6.92 Å². The van der Waals surface area contributed by atoms with Crippen LogP contribution >= 0.6 is 0 Å². The molecule has 74 valence electrons. The fraction of sp³-hybridized carbons (Fsp3) is 1.00. The SMILES string of the molecule is C[C@H](CO)NS(=O)(=O)C(F)(F)F. The van der Waals surface area contributed by atoms with Crippen molar-refractivity contribution in [3.8, 4) is 0 Å². The van der Waals surface area contributed by atoms with E-state index in [0.29, 0.717) is 0 Å². The van der Waals surface area contributed by atoms with E-state index in [1.807, 2.05) is 0 Å². The van der Waals surface area contributed by atoms with E-state index in [1.54, 1.807) is 0 Å². The number of sulfonamides is 1. The first-order valence-electron chi connectivity index (χ1n) is 2.90. The molecule has 8 heteroatoms. The normalized spacial score (nSPS) is 16.1. The monoisotopic (exact) mass is 207 g/mol. The average molecular weight is 207 g/mol. The Morgan fingerprint density at radius 1 is 1.50 bits per heavy atom. The lowest BCUT2D eigenvalue weighted by atomic mass is 10.4. The summed E-state index contributed by atoms with van der Waals surface area (Å²) in [5.74, 6) is 0. The Labute approximate surface area is 67.4 Å². The lowest BCUT2D eigenvalue weighted by molar-refractivity contribution is -0.0451. The van der Waals surface area contributed by atoms with E-state index in [-0.39, 0.29) is 0 Å². The highest BCUT2D eigenvalue weighted by molar-refractivity contribution is 7.90. The molecule has 0 heterocycles. The van der Waals surface area contributed by atoms with Gasteiger partial charge in [0.1, 0.15) is 0 Å². The summed E-state index contributed by atoms with van der Waals surface area (Å²) in [6.07, 6.45) is 0. The predicted molar refractivity (Wildman–Crippen MR) is 34.7 cm³/mol. The molecule has 1 atom stereocenters. The summed E-state index contributed by atoms with van der Waals surface area (Å²) < 4.78 is 56.6. The Bertz CT molecular complexity index is 234. The van der Waals surface area contributed by atoms with Crippen LogP contribution in [0.2, 0.25) is 0 Å². The number of nitrogens with one attached hydrogen (secondary N) is 1. The van der Waals surface area contributed by atoms with Crippen LogP contribution in [0.15, 0.2) is 0 Å². The molecule has 0 unspecified atom stereocenters. The maximum atomic E-state index is 11.6. The third-order valence-corrected chi connectivity index (χ3v) is 2.26. The van der Waals surface area contributed by atoms with Gasteiger partial charge in [-0.2, -0.15) is 13.2 Å². The van der Waals surface area contributed by atoms with Gasteiger partial charge < -0.3 is 5.11 Å². The van der Waals surface area contributed by atoms with Crippen LogP contribution in [0.4, 0.5) is 13.2 Å². The number of hydrogen-bond acceptors (Lipinski definition) is 3. The minimum absolute atomic E-state index is 0.685. The Balaban J connectivity index is 4.46. The molecule has 0 aromatic rings. The zero-order chi connectivity index (χ0) is 9.99. The fourth-order valence-corrected chi connectivity index (χ4v) is 1.11. The van der Waals surface area contributed by atoms with Crippen molar-refractivity contribution in [2.45, 2.75) is 18.5 Å². The topological polar surface area (TPSA) is 66.4 Å². The van der Waals surface area contributed by atoms with Crippen LogP contribution in [-0.4, -0.2) is 31.7 Å². The van der Waals surface area contributed by atoms with Crippen molar-refractivity contribution in [3.05, 3.63) is 0 Å². The summed E-state index contributed by atoms with van der Waals surface area (Å²) in [7, 11) is -5.32. The molecule has 0 aliphatic heterocycles. The Morgan fingerprint density at radius 3 is 2.17 bits per heavy atom. The second-order valence-electron chi connectivity index (χ2n) is 2.15. The average Bonchev–Trinajstić information content (AvgIpc) is 1.84. The molecular formula is C4H8F3NO3S. The molecule has 0 spiro atoms. The molecule has 0 saturated heterocycles. The van der Waals surface area contributed by atoms with Gasteiger partial charge in [-0.05, 0) is 6.92 Å². The Hall–Kier alpha value is -0.340. The van der Waals surface area contributed by atoms with Crippen LogP contribution in [-0.2, 0) is 10.0 Å². The first kappa shape index (κ1) is 11.7. The minimum atomic E-state index is -5.32. The molecule has 0 aromatic heterocycles. The van der Waals surface area contributed by atoms with E-state index in [0.717, 1.165) is 6.92 Å². The van der Waals surface area contributed by atoms with Crippen molar-refractivity contribution in [2.75, 3.05) is 6.61 Å². The van der Waals surface area contributed by atoms with Crippen molar-refractivity contribution in [1.29, 1.82) is 0 Å². The fourth-order valence-electron chi connectivity index (χ4n) is 0.369. The van der Waals surface area contributed by atoms with E-state index < -0.39 is 28.2 Å².